The highest BCUT2D eigenvalue weighted by Crippen LogP contribution is 2.30. The van der Waals surface area contributed by atoms with Crippen LogP contribution in [0.3, 0.4) is 0 Å². The lowest BCUT2D eigenvalue weighted by Gasteiger charge is -2.22. The Labute approximate surface area is 133 Å². The van der Waals surface area contributed by atoms with Crippen LogP contribution < -0.4 is 17.2 Å². The molecule has 3 nitrogen and oxygen atoms in total. The van der Waals surface area contributed by atoms with Crippen LogP contribution >= 0.6 is 0 Å². The Balaban J connectivity index is 2.31. The van der Waals surface area contributed by atoms with Gasteiger partial charge in [0.05, 0.1) is 0 Å². The van der Waals surface area contributed by atoms with Crippen LogP contribution in [0.25, 0.3) is 0 Å². The lowest BCUT2D eigenvalue weighted by Crippen LogP contribution is -2.22. The predicted octanol–water partition coefficient (Wildman–Crippen LogP) is 2.86. The third-order valence-corrected chi connectivity index (χ3v) is 4.30. The molecule has 0 fully saturated rings. The Hall–Kier alpha value is -1.68. The Morgan fingerprint density at radius 2 is 1.18 bits per heavy atom. The molecule has 0 amide bonds. The van der Waals surface area contributed by atoms with Gasteiger partial charge in [-0.05, 0) is 35.1 Å². The fourth-order valence-electron chi connectivity index (χ4n) is 2.71. The SMILES string of the molecule is CCC(N)CC(c1ccc(CN)cc1)c1ccc(CN)cc1. The van der Waals surface area contributed by atoms with Gasteiger partial charge in [-0.1, -0.05) is 55.5 Å². The molecule has 0 aliphatic heterocycles. The molecule has 0 aliphatic rings. The smallest absolute Gasteiger partial charge is 0.0178 e. The second-order valence-electron chi connectivity index (χ2n) is 5.85. The zero-order chi connectivity index (χ0) is 15.9. The van der Waals surface area contributed by atoms with Gasteiger partial charge in [-0.3, -0.25) is 0 Å². The number of benzene rings is 2. The van der Waals surface area contributed by atoms with E-state index >= 15 is 0 Å². The van der Waals surface area contributed by atoms with Gasteiger partial charge < -0.3 is 17.2 Å². The molecular formula is C19H27N3. The molecule has 0 aliphatic carbocycles. The van der Waals surface area contributed by atoms with Crippen molar-refractivity contribution < 1.29 is 0 Å². The van der Waals surface area contributed by atoms with Gasteiger partial charge in [-0.15, -0.1) is 0 Å². The first-order valence-corrected chi connectivity index (χ1v) is 8.01. The molecule has 2 aromatic rings. The monoisotopic (exact) mass is 297 g/mol. The maximum Gasteiger partial charge on any atom is 0.0178 e. The summed E-state index contributed by atoms with van der Waals surface area (Å²) in [6.07, 6.45) is 1.93. The van der Waals surface area contributed by atoms with Crippen molar-refractivity contribution in [2.24, 2.45) is 17.2 Å². The molecule has 0 radical (unpaired) electrons. The first-order chi connectivity index (χ1) is 10.7. The van der Waals surface area contributed by atoms with Crippen LogP contribution in [0.4, 0.5) is 0 Å². The van der Waals surface area contributed by atoms with E-state index in [1.54, 1.807) is 0 Å². The van der Waals surface area contributed by atoms with Crippen molar-refractivity contribution in [1.29, 1.82) is 0 Å². The van der Waals surface area contributed by atoms with Gasteiger partial charge in [-0.2, -0.15) is 0 Å². The van der Waals surface area contributed by atoms with Crippen LogP contribution in [0.15, 0.2) is 48.5 Å². The fraction of sp³-hybridized carbons (Fsp3) is 0.368. The van der Waals surface area contributed by atoms with E-state index in [1.807, 2.05) is 0 Å². The summed E-state index contributed by atoms with van der Waals surface area (Å²) in [5, 5.41) is 0. The number of hydrogen-bond donors (Lipinski definition) is 3. The second kappa shape index (κ2) is 8.08. The maximum absolute atomic E-state index is 6.22. The van der Waals surface area contributed by atoms with Crippen molar-refractivity contribution in [3.8, 4) is 0 Å². The van der Waals surface area contributed by atoms with E-state index in [9.17, 15) is 0 Å². The minimum absolute atomic E-state index is 0.202. The van der Waals surface area contributed by atoms with Crippen molar-refractivity contribution >= 4 is 0 Å². The summed E-state index contributed by atoms with van der Waals surface area (Å²) in [6, 6.07) is 17.3. The number of hydrogen-bond acceptors (Lipinski definition) is 3. The van der Waals surface area contributed by atoms with Crippen molar-refractivity contribution in [2.45, 2.75) is 44.8 Å². The molecular weight excluding hydrogens is 270 g/mol. The highest BCUT2D eigenvalue weighted by molar-refractivity contribution is 5.35. The Bertz CT molecular complexity index is 513. The van der Waals surface area contributed by atoms with E-state index < -0.39 is 0 Å². The predicted molar refractivity (Wildman–Crippen MR) is 93.4 cm³/mol. The van der Waals surface area contributed by atoms with Crippen molar-refractivity contribution in [1.82, 2.24) is 0 Å². The molecule has 0 heterocycles. The largest absolute Gasteiger partial charge is 0.328 e. The Morgan fingerprint density at radius 3 is 1.50 bits per heavy atom. The normalized spacial score (nSPS) is 12.6. The van der Waals surface area contributed by atoms with Gasteiger partial charge in [0.25, 0.3) is 0 Å². The number of nitrogens with two attached hydrogens (primary N) is 3. The quantitative estimate of drug-likeness (QED) is 0.735. The van der Waals surface area contributed by atoms with Crippen molar-refractivity contribution in [3.05, 3.63) is 70.8 Å². The van der Waals surface area contributed by atoms with Crippen molar-refractivity contribution in [3.63, 3.8) is 0 Å². The molecule has 1 unspecified atom stereocenters. The molecule has 0 saturated heterocycles. The summed E-state index contributed by atoms with van der Waals surface area (Å²) in [6.45, 7) is 3.28. The van der Waals surface area contributed by atoms with Gasteiger partial charge in [-0.25, -0.2) is 0 Å². The Kier molecular flexibility index (Phi) is 6.13. The van der Waals surface area contributed by atoms with Crippen molar-refractivity contribution in [2.75, 3.05) is 0 Å². The minimum atomic E-state index is 0.202. The number of rotatable bonds is 7. The molecule has 3 heteroatoms. The zero-order valence-electron chi connectivity index (χ0n) is 13.3. The topological polar surface area (TPSA) is 78.1 Å². The first-order valence-electron chi connectivity index (χ1n) is 8.01. The van der Waals surface area contributed by atoms with E-state index in [1.165, 1.54) is 11.1 Å². The van der Waals surface area contributed by atoms with Gasteiger partial charge in [0.2, 0.25) is 0 Å². The van der Waals surface area contributed by atoms with E-state index in [4.69, 9.17) is 17.2 Å². The molecule has 0 bridgehead atoms. The second-order valence-corrected chi connectivity index (χ2v) is 5.85. The van der Waals surface area contributed by atoms with E-state index in [2.05, 4.69) is 55.5 Å². The van der Waals surface area contributed by atoms with Crippen LogP contribution in [0.1, 0.15) is 47.9 Å². The van der Waals surface area contributed by atoms with E-state index in [-0.39, 0.29) is 6.04 Å². The molecule has 0 aromatic heterocycles. The third-order valence-electron chi connectivity index (χ3n) is 4.30. The standard InChI is InChI=1S/C19H27N3/c1-2-18(22)11-19(16-7-3-14(12-20)4-8-16)17-9-5-15(13-21)6-10-17/h3-10,18-19H,2,11-13,20-22H2,1H3. The van der Waals surface area contributed by atoms with Gasteiger partial charge >= 0.3 is 0 Å². The van der Waals surface area contributed by atoms with E-state index in [0.29, 0.717) is 19.0 Å². The third kappa shape index (κ3) is 4.17. The van der Waals surface area contributed by atoms with Crippen LogP contribution in [0.2, 0.25) is 0 Å². The minimum Gasteiger partial charge on any atom is -0.328 e. The summed E-state index contributed by atoms with van der Waals surface area (Å²) >= 11 is 0. The highest BCUT2D eigenvalue weighted by atomic mass is 14.6. The maximum atomic E-state index is 6.22. The Morgan fingerprint density at radius 1 is 0.773 bits per heavy atom. The lowest BCUT2D eigenvalue weighted by molar-refractivity contribution is 0.555. The first kappa shape index (κ1) is 16.7. The summed E-state index contributed by atoms with van der Waals surface area (Å²) in [4.78, 5) is 0. The zero-order valence-corrected chi connectivity index (χ0v) is 13.3. The van der Waals surface area contributed by atoms with Crippen LogP contribution in [0.5, 0.6) is 0 Å². The molecule has 2 aromatic carbocycles. The summed E-state index contributed by atoms with van der Waals surface area (Å²) in [5.41, 5.74) is 22.5. The van der Waals surface area contributed by atoms with E-state index in [0.717, 1.165) is 24.0 Å². The van der Waals surface area contributed by atoms with Crippen LogP contribution in [0, 0.1) is 0 Å². The molecule has 0 saturated carbocycles. The fourth-order valence-corrected chi connectivity index (χ4v) is 2.71. The summed E-state index contributed by atoms with van der Waals surface area (Å²) < 4.78 is 0. The summed E-state index contributed by atoms with van der Waals surface area (Å²) in [5.74, 6) is 0.314. The highest BCUT2D eigenvalue weighted by Gasteiger charge is 2.17. The molecule has 6 N–H and O–H groups in total. The van der Waals surface area contributed by atoms with Gasteiger partial charge in [0.15, 0.2) is 0 Å². The molecule has 0 spiro atoms. The average molecular weight is 297 g/mol. The van der Waals surface area contributed by atoms with Crippen LogP contribution in [-0.4, -0.2) is 6.04 Å². The van der Waals surface area contributed by atoms with Crippen LogP contribution in [-0.2, 0) is 13.1 Å². The molecule has 2 rings (SSSR count). The molecule has 22 heavy (non-hydrogen) atoms. The van der Waals surface area contributed by atoms with Gasteiger partial charge in [0.1, 0.15) is 0 Å². The van der Waals surface area contributed by atoms with Gasteiger partial charge in [0, 0.05) is 25.0 Å². The molecule has 118 valence electrons. The average Bonchev–Trinajstić information content (AvgIpc) is 2.59. The molecule has 1 atom stereocenters. The summed E-state index contributed by atoms with van der Waals surface area (Å²) in [7, 11) is 0. The lowest BCUT2D eigenvalue weighted by atomic mass is 9.85.